The third-order valence-electron chi connectivity index (χ3n) is 5.01. The van der Waals surface area contributed by atoms with Gasteiger partial charge in [0.2, 0.25) is 5.89 Å². The molecule has 0 amide bonds. The summed E-state index contributed by atoms with van der Waals surface area (Å²) in [6, 6.07) is 0.310. The summed E-state index contributed by atoms with van der Waals surface area (Å²) < 4.78 is 5.52. The van der Waals surface area contributed by atoms with Gasteiger partial charge in [0.15, 0.2) is 5.82 Å². The second-order valence-corrected chi connectivity index (χ2v) is 6.40. The molecule has 2 saturated carbocycles. The maximum atomic E-state index is 6.04. The number of aromatic nitrogens is 2. The first-order valence-electron chi connectivity index (χ1n) is 7.85. The lowest BCUT2D eigenvalue weighted by Gasteiger charge is -2.23. The highest BCUT2D eigenvalue weighted by atomic mass is 16.5. The van der Waals surface area contributed by atoms with Crippen LogP contribution >= 0.6 is 0 Å². The second-order valence-electron chi connectivity index (χ2n) is 6.40. The number of nitrogens with zero attached hydrogens (tertiary/aromatic N) is 2. The Morgan fingerprint density at radius 3 is 2.79 bits per heavy atom. The normalized spacial score (nSPS) is 35.7. The molecule has 1 heterocycles. The number of rotatable bonds is 3. The summed E-state index contributed by atoms with van der Waals surface area (Å²) in [6.45, 7) is 2.28. The van der Waals surface area contributed by atoms with E-state index in [1.807, 2.05) is 0 Å². The summed E-state index contributed by atoms with van der Waals surface area (Å²) in [7, 11) is 0. The third-order valence-corrected chi connectivity index (χ3v) is 5.01. The summed E-state index contributed by atoms with van der Waals surface area (Å²) in [6.07, 6.45) is 9.53. The van der Waals surface area contributed by atoms with E-state index < -0.39 is 0 Å². The molecule has 0 spiro atoms. The van der Waals surface area contributed by atoms with Crippen LogP contribution in [-0.4, -0.2) is 16.2 Å². The van der Waals surface area contributed by atoms with E-state index in [0.29, 0.717) is 17.9 Å². The molecule has 0 radical (unpaired) electrons. The zero-order valence-electron chi connectivity index (χ0n) is 11.8. The largest absolute Gasteiger partial charge is 0.339 e. The first kappa shape index (κ1) is 13.1. The Balaban J connectivity index is 1.66. The van der Waals surface area contributed by atoms with Crippen molar-refractivity contribution in [3.8, 4) is 0 Å². The molecule has 2 aliphatic carbocycles. The maximum absolute atomic E-state index is 6.04. The van der Waals surface area contributed by atoms with Crippen LogP contribution < -0.4 is 5.73 Å². The Morgan fingerprint density at radius 2 is 2.05 bits per heavy atom. The van der Waals surface area contributed by atoms with Gasteiger partial charge >= 0.3 is 0 Å². The van der Waals surface area contributed by atoms with Gasteiger partial charge in [-0.25, -0.2) is 0 Å². The van der Waals surface area contributed by atoms with Gasteiger partial charge in [0.25, 0.3) is 0 Å². The van der Waals surface area contributed by atoms with Gasteiger partial charge in [-0.05, 0) is 44.4 Å². The smallest absolute Gasteiger partial charge is 0.229 e. The van der Waals surface area contributed by atoms with Crippen molar-refractivity contribution in [2.24, 2.45) is 11.7 Å². The van der Waals surface area contributed by atoms with Crippen molar-refractivity contribution in [3.63, 3.8) is 0 Å². The number of hydrogen-bond acceptors (Lipinski definition) is 4. The highest BCUT2D eigenvalue weighted by Gasteiger charge is 2.30. The molecule has 106 valence electrons. The third kappa shape index (κ3) is 2.83. The van der Waals surface area contributed by atoms with E-state index in [1.54, 1.807) is 0 Å². The van der Waals surface area contributed by atoms with E-state index in [2.05, 4.69) is 17.1 Å². The zero-order chi connectivity index (χ0) is 13.2. The van der Waals surface area contributed by atoms with E-state index >= 15 is 0 Å². The van der Waals surface area contributed by atoms with E-state index in [0.717, 1.165) is 36.9 Å². The SMILES string of the molecule is CCC1CCC(c2noc(C3CCCC(N)C3)n2)C1. The summed E-state index contributed by atoms with van der Waals surface area (Å²) in [5.74, 6) is 3.57. The Labute approximate surface area is 115 Å². The van der Waals surface area contributed by atoms with Gasteiger partial charge in [0.05, 0.1) is 0 Å². The second kappa shape index (κ2) is 5.61. The van der Waals surface area contributed by atoms with Crippen LogP contribution in [0, 0.1) is 5.92 Å². The predicted molar refractivity (Wildman–Crippen MR) is 73.9 cm³/mol. The van der Waals surface area contributed by atoms with E-state index in [-0.39, 0.29) is 0 Å². The Bertz CT molecular complexity index is 417. The van der Waals surface area contributed by atoms with Crippen LogP contribution in [-0.2, 0) is 0 Å². The molecule has 2 aliphatic rings. The van der Waals surface area contributed by atoms with Gasteiger partial charge in [-0.3, -0.25) is 0 Å². The molecule has 4 unspecified atom stereocenters. The van der Waals surface area contributed by atoms with Crippen molar-refractivity contribution in [1.29, 1.82) is 0 Å². The summed E-state index contributed by atoms with van der Waals surface area (Å²) in [4.78, 5) is 4.69. The average molecular weight is 263 g/mol. The fraction of sp³-hybridized carbons (Fsp3) is 0.867. The molecule has 0 aromatic carbocycles. The minimum Gasteiger partial charge on any atom is -0.339 e. The lowest BCUT2D eigenvalue weighted by atomic mass is 9.86. The van der Waals surface area contributed by atoms with Crippen molar-refractivity contribution in [2.45, 2.75) is 76.2 Å². The molecule has 3 rings (SSSR count). The van der Waals surface area contributed by atoms with Crippen LogP contribution in [0.5, 0.6) is 0 Å². The fourth-order valence-electron chi connectivity index (χ4n) is 3.71. The summed E-state index contributed by atoms with van der Waals surface area (Å²) in [5.41, 5.74) is 6.04. The van der Waals surface area contributed by atoms with Gasteiger partial charge in [-0.2, -0.15) is 4.98 Å². The molecule has 4 nitrogen and oxygen atoms in total. The molecule has 4 heteroatoms. The maximum Gasteiger partial charge on any atom is 0.229 e. The molecular formula is C15H25N3O. The average Bonchev–Trinajstić information content (AvgIpc) is 3.07. The molecule has 19 heavy (non-hydrogen) atoms. The van der Waals surface area contributed by atoms with Gasteiger partial charge in [0.1, 0.15) is 0 Å². The van der Waals surface area contributed by atoms with Crippen molar-refractivity contribution < 1.29 is 4.52 Å². The standard InChI is InChI=1S/C15H25N3O/c1-2-10-6-7-11(8-10)14-17-15(19-18-14)12-4-3-5-13(16)9-12/h10-13H,2-9,16H2,1H3. The highest BCUT2D eigenvalue weighted by molar-refractivity contribution is 5.03. The van der Waals surface area contributed by atoms with Crippen LogP contribution in [0.4, 0.5) is 0 Å². The fourth-order valence-corrected chi connectivity index (χ4v) is 3.71. The quantitative estimate of drug-likeness (QED) is 0.908. The predicted octanol–water partition coefficient (Wildman–Crippen LogP) is 3.35. The van der Waals surface area contributed by atoms with Crippen LogP contribution in [0.25, 0.3) is 0 Å². The van der Waals surface area contributed by atoms with Crippen LogP contribution in [0.2, 0.25) is 0 Å². The van der Waals surface area contributed by atoms with Crippen molar-refractivity contribution in [2.75, 3.05) is 0 Å². The van der Waals surface area contributed by atoms with E-state index in [4.69, 9.17) is 10.3 Å². The van der Waals surface area contributed by atoms with Gasteiger partial charge in [-0.1, -0.05) is 24.9 Å². The monoisotopic (exact) mass is 263 g/mol. The van der Waals surface area contributed by atoms with Gasteiger partial charge < -0.3 is 10.3 Å². The Kier molecular flexibility index (Phi) is 3.87. The molecule has 1 aromatic rings. The van der Waals surface area contributed by atoms with Crippen molar-refractivity contribution in [1.82, 2.24) is 10.1 Å². The minimum absolute atomic E-state index is 0.310. The molecule has 2 fully saturated rings. The lowest BCUT2D eigenvalue weighted by molar-refractivity contribution is 0.296. The van der Waals surface area contributed by atoms with Gasteiger partial charge in [-0.15, -0.1) is 0 Å². The van der Waals surface area contributed by atoms with E-state index in [9.17, 15) is 0 Å². The highest BCUT2D eigenvalue weighted by Crippen LogP contribution is 2.39. The molecule has 1 aromatic heterocycles. The first-order valence-corrected chi connectivity index (χ1v) is 7.85. The molecule has 0 saturated heterocycles. The van der Waals surface area contributed by atoms with Crippen molar-refractivity contribution in [3.05, 3.63) is 11.7 Å². The number of hydrogen-bond donors (Lipinski definition) is 1. The summed E-state index contributed by atoms with van der Waals surface area (Å²) in [5, 5.41) is 4.24. The minimum atomic E-state index is 0.310. The van der Waals surface area contributed by atoms with Crippen LogP contribution in [0.1, 0.15) is 81.8 Å². The van der Waals surface area contributed by atoms with Crippen LogP contribution in [0.15, 0.2) is 4.52 Å². The Hall–Kier alpha value is -0.900. The zero-order valence-corrected chi connectivity index (χ0v) is 11.8. The molecule has 0 bridgehead atoms. The first-order chi connectivity index (χ1) is 9.26. The van der Waals surface area contributed by atoms with Crippen molar-refractivity contribution >= 4 is 0 Å². The molecule has 0 aliphatic heterocycles. The molecule has 4 atom stereocenters. The van der Waals surface area contributed by atoms with Crippen LogP contribution in [0.3, 0.4) is 0 Å². The van der Waals surface area contributed by atoms with E-state index in [1.165, 1.54) is 32.1 Å². The Morgan fingerprint density at radius 1 is 1.16 bits per heavy atom. The van der Waals surface area contributed by atoms with Gasteiger partial charge in [0, 0.05) is 17.9 Å². The number of nitrogens with two attached hydrogens (primary N) is 1. The molecular weight excluding hydrogens is 238 g/mol. The topological polar surface area (TPSA) is 64.9 Å². The molecule has 2 N–H and O–H groups in total. The summed E-state index contributed by atoms with van der Waals surface area (Å²) >= 11 is 0. The lowest BCUT2D eigenvalue weighted by Crippen LogP contribution is -2.26.